The van der Waals surface area contributed by atoms with Crippen LogP contribution in [0.5, 0.6) is 5.75 Å². The third-order valence-electron chi connectivity index (χ3n) is 13.5. The van der Waals surface area contributed by atoms with Crippen LogP contribution in [0, 0.1) is 0 Å². The van der Waals surface area contributed by atoms with E-state index in [0.29, 0.717) is 77.1 Å². The van der Waals surface area contributed by atoms with Crippen molar-refractivity contribution in [3.63, 3.8) is 0 Å². The molecule has 7 heterocycles. The lowest BCUT2D eigenvalue weighted by molar-refractivity contribution is -0.139. The normalized spacial score (nSPS) is 20.6. The summed E-state index contributed by atoms with van der Waals surface area (Å²) in [6.07, 6.45) is 3.39. The lowest BCUT2D eigenvalue weighted by Gasteiger charge is -2.47. The van der Waals surface area contributed by atoms with Gasteiger partial charge in [-0.05, 0) is 111 Å². The first kappa shape index (κ1) is 46.2. The number of thiophene rings is 1. The molecule has 358 valence electrons. The lowest BCUT2D eigenvalue weighted by Crippen LogP contribution is -2.55. The third kappa shape index (κ3) is 8.65. The van der Waals surface area contributed by atoms with Crippen molar-refractivity contribution < 1.29 is 47.5 Å². The van der Waals surface area contributed by atoms with E-state index in [-0.39, 0.29) is 58.0 Å². The SMILES string of the molecule is C=S(=O)(Cc1ccc2nc(N3CCC(c4ccc5c6c(cccc46)C(=O)N5C4CCC(=O)NC4=O)CC3)oc2n1)N1CCC(Nc2cccc(-c3sc(C(=O)O)c(OCC(=O)O)c3Cl)c2)CC1(C)C. The number of piperidine rings is 3. The van der Waals surface area contributed by atoms with E-state index in [1.165, 1.54) is 0 Å². The predicted molar refractivity (Wildman–Crippen MR) is 264 cm³/mol. The standard InChI is InChI=1S/C49H48ClN7O10S2/c1-49(2)23-29(51-28-7-4-6-27(22-28)42-40(50)41(66-24-38(59)60)43(68-42)47(63)64)18-21-56(49)69(3,65)25-30-10-12-34-45(52-30)67-48(53-34)55-19-16-26(17-20-55)31-11-13-35-39-32(31)8-5-9-33(39)46(62)57(35)36-14-15-37(58)54-44(36)61/h4-13,22,26,29,36,51H,3,14-21,23-25H2,1-2H3,(H,59,60)(H,63,64)(H,54,58,61). The van der Waals surface area contributed by atoms with Gasteiger partial charge >= 0.3 is 11.9 Å². The Hall–Kier alpha value is -6.54. The maximum atomic E-state index is 14.5. The van der Waals surface area contributed by atoms with E-state index < -0.39 is 45.7 Å². The number of rotatable bonds is 13. The molecule has 0 aliphatic carbocycles. The highest BCUT2D eigenvalue weighted by Gasteiger charge is 2.42. The number of carboxylic acid groups (broad SMARTS) is 2. The van der Waals surface area contributed by atoms with Gasteiger partial charge in [0.2, 0.25) is 17.5 Å². The predicted octanol–water partition coefficient (Wildman–Crippen LogP) is 7.56. The summed E-state index contributed by atoms with van der Waals surface area (Å²) in [5, 5.41) is 26.7. The van der Waals surface area contributed by atoms with Crippen molar-refractivity contribution in [2.75, 3.05) is 41.4 Å². The zero-order valence-electron chi connectivity index (χ0n) is 37.7. The number of hydrogen-bond acceptors (Lipinski definition) is 13. The molecule has 20 heteroatoms. The van der Waals surface area contributed by atoms with Crippen LogP contribution in [0.1, 0.15) is 89.6 Å². The molecule has 3 unspecified atom stereocenters. The number of carbonyl (C=O) groups excluding carboxylic acids is 3. The topological polar surface area (TPSA) is 225 Å². The van der Waals surface area contributed by atoms with Crippen LogP contribution in [0.4, 0.5) is 17.4 Å². The number of oxazole rings is 1. The Morgan fingerprint density at radius 3 is 2.54 bits per heavy atom. The Labute approximate surface area is 405 Å². The molecule has 3 fully saturated rings. The van der Waals surface area contributed by atoms with Crippen molar-refractivity contribution in [1.29, 1.82) is 0 Å². The van der Waals surface area contributed by atoms with Crippen molar-refractivity contribution >= 4 is 108 Å². The molecule has 69 heavy (non-hydrogen) atoms. The summed E-state index contributed by atoms with van der Waals surface area (Å²) in [7, 11) is -2.85. The van der Waals surface area contributed by atoms with Crippen LogP contribution in [0.3, 0.4) is 0 Å². The number of nitrogens with one attached hydrogen (secondary N) is 2. The smallest absolute Gasteiger partial charge is 0.349 e. The number of carboxylic acids is 2. The number of aliphatic carboxylic acids is 1. The summed E-state index contributed by atoms with van der Waals surface area (Å²) < 4.78 is 28.0. The molecule has 4 aliphatic heterocycles. The van der Waals surface area contributed by atoms with Crippen LogP contribution < -0.4 is 25.2 Å². The second kappa shape index (κ2) is 17.8. The van der Waals surface area contributed by atoms with Crippen LogP contribution in [-0.2, 0) is 29.8 Å². The molecule has 0 radical (unpaired) electrons. The molecule has 3 atom stereocenters. The highest BCUT2D eigenvalue weighted by atomic mass is 35.5. The van der Waals surface area contributed by atoms with Gasteiger partial charge in [0.25, 0.3) is 11.9 Å². The molecular weight excluding hydrogens is 946 g/mol. The number of carbonyl (C=O) groups is 5. The van der Waals surface area contributed by atoms with E-state index in [0.717, 1.165) is 46.2 Å². The number of amides is 3. The molecule has 17 nitrogen and oxygen atoms in total. The molecule has 4 N–H and O–H groups in total. The molecule has 3 saturated heterocycles. The van der Waals surface area contributed by atoms with E-state index >= 15 is 0 Å². The highest BCUT2D eigenvalue weighted by Crippen LogP contribution is 2.47. The average Bonchev–Trinajstić information content (AvgIpc) is 3.97. The van der Waals surface area contributed by atoms with Crippen molar-refractivity contribution in [2.24, 2.45) is 0 Å². The molecular formula is C49H48ClN7O10S2. The zero-order chi connectivity index (χ0) is 48.5. The monoisotopic (exact) mass is 993 g/mol. The number of aromatic nitrogens is 2. The lowest BCUT2D eigenvalue weighted by atomic mass is 9.85. The van der Waals surface area contributed by atoms with Crippen LogP contribution in [-0.4, -0.2) is 108 Å². The average molecular weight is 995 g/mol. The Balaban J connectivity index is 0.778. The van der Waals surface area contributed by atoms with Crippen LogP contribution >= 0.6 is 22.9 Å². The highest BCUT2D eigenvalue weighted by molar-refractivity contribution is 7.97. The fraction of sp³-hybridized carbons (Fsp3) is 0.347. The first-order valence-corrected chi connectivity index (χ1v) is 25.6. The van der Waals surface area contributed by atoms with E-state index in [2.05, 4.69) is 27.5 Å². The van der Waals surface area contributed by atoms with Crippen LogP contribution in [0.2, 0.25) is 5.02 Å². The Bertz CT molecular complexity index is 3240. The molecule has 6 aromatic rings. The van der Waals surface area contributed by atoms with Gasteiger partial charge in [0, 0.05) is 64.0 Å². The van der Waals surface area contributed by atoms with E-state index in [4.69, 9.17) is 35.8 Å². The summed E-state index contributed by atoms with van der Waals surface area (Å²) in [6.45, 7) is 5.22. The molecule has 0 bridgehead atoms. The summed E-state index contributed by atoms with van der Waals surface area (Å²) in [4.78, 5) is 74.9. The molecule has 10 rings (SSSR count). The van der Waals surface area contributed by atoms with Gasteiger partial charge in [0.1, 0.15) is 16.6 Å². The van der Waals surface area contributed by atoms with Gasteiger partial charge in [-0.1, -0.05) is 41.9 Å². The fourth-order valence-corrected chi connectivity index (χ4v) is 14.1. The number of anilines is 3. The van der Waals surface area contributed by atoms with Gasteiger partial charge in [0.15, 0.2) is 17.2 Å². The van der Waals surface area contributed by atoms with Crippen molar-refractivity contribution in [2.45, 2.75) is 81.7 Å². The van der Waals surface area contributed by atoms with Gasteiger partial charge in [-0.25, -0.2) is 18.9 Å². The number of halogens is 1. The Morgan fingerprint density at radius 1 is 1.01 bits per heavy atom. The summed E-state index contributed by atoms with van der Waals surface area (Å²) in [5.74, 6) is 0.843. The van der Waals surface area contributed by atoms with Gasteiger partial charge in [0.05, 0.1) is 22.0 Å². The van der Waals surface area contributed by atoms with Crippen LogP contribution in [0.25, 0.3) is 32.4 Å². The molecule has 3 aromatic carbocycles. The largest absolute Gasteiger partial charge is 0.479 e. The minimum absolute atomic E-state index is 0.00309. The maximum absolute atomic E-state index is 14.5. The van der Waals surface area contributed by atoms with Crippen LogP contribution in [0.15, 0.2) is 71.1 Å². The van der Waals surface area contributed by atoms with Crippen molar-refractivity contribution in [3.05, 3.63) is 93.5 Å². The maximum Gasteiger partial charge on any atom is 0.349 e. The summed E-state index contributed by atoms with van der Waals surface area (Å²) >= 11 is 7.47. The summed E-state index contributed by atoms with van der Waals surface area (Å²) in [6, 6.07) is 20.5. The number of pyridine rings is 1. The first-order valence-electron chi connectivity index (χ1n) is 22.6. The number of aromatic carboxylic acids is 1. The van der Waals surface area contributed by atoms with E-state index in [1.807, 2.05) is 66.7 Å². The Kier molecular flexibility index (Phi) is 11.9. The molecule has 3 aromatic heterocycles. The second-order valence-corrected chi connectivity index (χ2v) is 22.2. The van der Waals surface area contributed by atoms with Gasteiger partial charge in [-0.2, -0.15) is 4.98 Å². The number of fused-ring (bicyclic) bond motifs is 1. The zero-order valence-corrected chi connectivity index (χ0v) is 40.0. The number of ether oxygens (including phenoxy) is 1. The first-order chi connectivity index (χ1) is 33.0. The molecule has 3 amide bonds. The minimum Gasteiger partial charge on any atom is -0.479 e. The van der Waals surface area contributed by atoms with Gasteiger partial charge < -0.3 is 29.6 Å². The van der Waals surface area contributed by atoms with E-state index in [1.54, 1.807) is 17.0 Å². The summed E-state index contributed by atoms with van der Waals surface area (Å²) in [5.41, 5.74) is 4.82. The second-order valence-electron chi connectivity index (χ2n) is 18.6. The van der Waals surface area contributed by atoms with E-state index in [9.17, 15) is 33.3 Å². The van der Waals surface area contributed by atoms with Crippen molar-refractivity contribution in [1.82, 2.24) is 19.6 Å². The Morgan fingerprint density at radius 2 is 1.80 bits per heavy atom. The third-order valence-corrected chi connectivity index (χ3v) is 17.4. The quantitative estimate of drug-likeness (QED) is 0.0648. The van der Waals surface area contributed by atoms with Gasteiger partial charge in [-0.15, -0.1) is 11.3 Å². The number of benzene rings is 3. The van der Waals surface area contributed by atoms with Gasteiger partial charge in [-0.3, -0.25) is 28.8 Å². The number of nitrogens with zero attached hydrogens (tertiary/aromatic N) is 5. The van der Waals surface area contributed by atoms with Crippen molar-refractivity contribution in [3.8, 4) is 16.2 Å². The fourth-order valence-electron chi connectivity index (χ4n) is 10.5. The minimum atomic E-state index is -2.85. The number of imide groups is 1. The number of hydrogen-bond donors (Lipinski definition) is 4. The molecule has 4 aliphatic rings. The molecule has 0 saturated carbocycles. The molecule has 0 spiro atoms.